The Bertz CT molecular complexity index is 726. The van der Waals surface area contributed by atoms with Gasteiger partial charge in [-0.2, -0.15) is 0 Å². The summed E-state index contributed by atoms with van der Waals surface area (Å²) in [7, 11) is 0. The van der Waals surface area contributed by atoms with Crippen LogP contribution >= 0.6 is 23.1 Å². The van der Waals surface area contributed by atoms with Crippen molar-refractivity contribution in [1.29, 1.82) is 0 Å². The van der Waals surface area contributed by atoms with Crippen molar-refractivity contribution >= 4 is 40.0 Å². The molecule has 0 spiro atoms. The predicted octanol–water partition coefficient (Wildman–Crippen LogP) is 2.90. The van der Waals surface area contributed by atoms with Gasteiger partial charge in [-0.3, -0.25) is 14.9 Å². The Morgan fingerprint density at radius 3 is 2.64 bits per heavy atom. The number of carbonyl (C=O) groups is 2. The normalized spacial score (nSPS) is 10.5. The zero-order chi connectivity index (χ0) is 16.3. The molecule has 116 valence electrons. The van der Waals surface area contributed by atoms with Crippen LogP contribution in [0.25, 0.3) is 0 Å². The third-order valence-electron chi connectivity index (χ3n) is 3.09. The first kappa shape index (κ1) is 16.5. The molecule has 2 rings (SSSR count). The van der Waals surface area contributed by atoms with Gasteiger partial charge in [-0.05, 0) is 44.0 Å². The Hall–Kier alpha value is -1.86. The Balaban J connectivity index is 2.09. The maximum atomic E-state index is 12.2. The number of thiazole rings is 1. The molecule has 0 aliphatic rings. The van der Waals surface area contributed by atoms with Gasteiger partial charge in [0.25, 0.3) is 5.91 Å². The Kier molecular flexibility index (Phi) is 5.20. The molecule has 7 heteroatoms. The lowest BCUT2D eigenvalue weighted by Gasteiger charge is -2.04. The van der Waals surface area contributed by atoms with E-state index in [0.717, 1.165) is 21.0 Å². The number of benzene rings is 1. The Labute approximate surface area is 137 Å². The fourth-order valence-corrected chi connectivity index (χ4v) is 3.63. The summed E-state index contributed by atoms with van der Waals surface area (Å²) in [6, 6.07) is 5.57. The first-order valence-corrected chi connectivity index (χ1v) is 8.44. The summed E-state index contributed by atoms with van der Waals surface area (Å²) in [6.07, 6.45) is 0. The molecular formula is C15H17N3O2S2. The van der Waals surface area contributed by atoms with Gasteiger partial charge in [0, 0.05) is 5.56 Å². The monoisotopic (exact) mass is 335 g/mol. The number of rotatable bonds is 5. The van der Waals surface area contributed by atoms with Crippen LogP contribution in [0, 0.1) is 20.8 Å². The quantitative estimate of drug-likeness (QED) is 0.823. The Morgan fingerprint density at radius 2 is 2.00 bits per heavy atom. The highest BCUT2D eigenvalue weighted by molar-refractivity contribution is 8.01. The maximum Gasteiger partial charge on any atom is 0.257 e. The van der Waals surface area contributed by atoms with Crippen LogP contribution in [0.15, 0.2) is 22.4 Å². The second-order valence-electron chi connectivity index (χ2n) is 4.90. The standard InChI is InChI=1S/C15H17N3O2S2/c1-8-4-5-11(6-9(8)2)13(20)18-15-17-10(3)14(22-15)21-7-12(16)19/h4-6H,7H2,1-3H3,(H2,16,19)(H,17,18,20). The number of anilines is 1. The Morgan fingerprint density at radius 1 is 1.27 bits per heavy atom. The minimum Gasteiger partial charge on any atom is -0.369 e. The number of carbonyl (C=O) groups excluding carboxylic acids is 2. The summed E-state index contributed by atoms with van der Waals surface area (Å²) in [5.74, 6) is -0.366. The van der Waals surface area contributed by atoms with Crippen LogP contribution in [-0.2, 0) is 4.79 Å². The van der Waals surface area contributed by atoms with E-state index in [4.69, 9.17) is 5.73 Å². The first-order chi connectivity index (χ1) is 10.4. The van der Waals surface area contributed by atoms with Gasteiger partial charge in [0.1, 0.15) is 0 Å². The number of nitrogens with two attached hydrogens (primary N) is 1. The van der Waals surface area contributed by atoms with Crippen molar-refractivity contribution in [3.05, 3.63) is 40.6 Å². The number of amides is 2. The third kappa shape index (κ3) is 4.08. The smallest absolute Gasteiger partial charge is 0.257 e. The first-order valence-electron chi connectivity index (χ1n) is 6.64. The van der Waals surface area contributed by atoms with E-state index < -0.39 is 0 Å². The van der Waals surface area contributed by atoms with Gasteiger partial charge in [0.15, 0.2) is 5.13 Å². The highest BCUT2D eigenvalue weighted by atomic mass is 32.2. The van der Waals surface area contributed by atoms with E-state index in [1.807, 2.05) is 32.9 Å². The number of aromatic nitrogens is 1. The van der Waals surface area contributed by atoms with Crippen LogP contribution in [0.1, 0.15) is 27.2 Å². The molecule has 0 unspecified atom stereocenters. The van der Waals surface area contributed by atoms with Gasteiger partial charge < -0.3 is 5.73 Å². The molecule has 0 atom stereocenters. The van der Waals surface area contributed by atoms with Gasteiger partial charge in [-0.25, -0.2) is 4.98 Å². The average molecular weight is 335 g/mol. The topological polar surface area (TPSA) is 85.1 Å². The summed E-state index contributed by atoms with van der Waals surface area (Å²) in [5, 5.41) is 3.31. The summed E-state index contributed by atoms with van der Waals surface area (Å²) >= 11 is 2.68. The van der Waals surface area contributed by atoms with E-state index in [0.29, 0.717) is 10.7 Å². The number of primary amides is 1. The number of nitrogens with one attached hydrogen (secondary N) is 1. The van der Waals surface area contributed by atoms with Gasteiger partial charge >= 0.3 is 0 Å². The van der Waals surface area contributed by atoms with E-state index in [-0.39, 0.29) is 17.6 Å². The number of hydrogen-bond acceptors (Lipinski definition) is 5. The van der Waals surface area contributed by atoms with Gasteiger partial charge in [0.05, 0.1) is 15.7 Å². The summed E-state index contributed by atoms with van der Waals surface area (Å²) in [6.45, 7) is 5.81. The van der Waals surface area contributed by atoms with E-state index in [2.05, 4.69) is 10.3 Å². The second kappa shape index (κ2) is 6.93. The lowest BCUT2D eigenvalue weighted by Crippen LogP contribution is -2.12. The number of hydrogen-bond donors (Lipinski definition) is 2. The minimum absolute atomic E-state index is 0.191. The zero-order valence-electron chi connectivity index (χ0n) is 12.6. The number of aryl methyl sites for hydroxylation is 3. The molecule has 22 heavy (non-hydrogen) atoms. The lowest BCUT2D eigenvalue weighted by molar-refractivity contribution is -0.115. The predicted molar refractivity (Wildman–Crippen MR) is 90.6 cm³/mol. The number of thioether (sulfide) groups is 1. The van der Waals surface area contributed by atoms with Crippen LogP contribution in [-0.4, -0.2) is 22.6 Å². The molecule has 1 aromatic carbocycles. The molecule has 0 fully saturated rings. The fraction of sp³-hybridized carbons (Fsp3) is 0.267. The molecule has 0 bridgehead atoms. The van der Waals surface area contributed by atoms with Crippen LogP contribution in [0.4, 0.5) is 5.13 Å². The van der Waals surface area contributed by atoms with Crippen molar-refractivity contribution in [2.75, 3.05) is 11.1 Å². The highest BCUT2D eigenvalue weighted by Gasteiger charge is 2.13. The molecule has 1 aromatic heterocycles. The van der Waals surface area contributed by atoms with Gasteiger partial charge in [-0.1, -0.05) is 17.4 Å². The van der Waals surface area contributed by atoms with Gasteiger partial charge in [-0.15, -0.1) is 11.8 Å². The van der Waals surface area contributed by atoms with Crippen LogP contribution in [0.2, 0.25) is 0 Å². The molecule has 0 aliphatic carbocycles. The van der Waals surface area contributed by atoms with Crippen molar-refractivity contribution in [3.63, 3.8) is 0 Å². The molecule has 0 aliphatic heterocycles. The van der Waals surface area contributed by atoms with Crippen LogP contribution in [0.3, 0.4) is 0 Å². The summed E-state index contributed by atoms with van der Waals surface area (Å²) in [5.41, 5.74) is 8.73. The van der Waals surface area contributed by atoms with E-state index in [1.165, 1.54) is 23.1 Å². The molecule has 3 N–H and O–H groups in total. The second-order valence-corrected chi connectivity index (χ2v) is 7.14. The lowest BCUT2D eigenvalue weighted by atomic mass is 10.1. The largest absolute Gasteiger partial charge is 0.369 e. The highest BCUT2D eigenvalue weighted by Crippen LogP contribution is 2.32. The molecular weight excluding hydrogens is 318 g/mol. The molecule has 0 saturated carbocycles. The van der Waals surface area contributed by atoms with Crippen molar-refractivity contribution in [2.24, 2.45) is 5.73 Å². The molecule has 2 amide bonds. The average Bonchev–Trinajstić information content (AvgIpc) is 2.79. The molecule has 5 nitrogen and oxygen atoms in total. The molecule has 1 heterocycles. The van der Waals surface area contributed by atoms with Crippen molar-refractivity contribution in [1.82, 2.24) is 4.98 Å². The zero-order valence-corrected chi connectivity index (χ0v) is 14.2. The summed E-state index contributed by atoms with van der Waals surface area (Å²) < 4.78 is 0.884. The fourth-order valence-electron chi connectivity index (χ4n) is 1.76. The maximum absolute atomic E-state index is 12.2. The van der Waals surface area contributed by atoms with Crippen molar-refractivity contribution < 1.29 is 9.59 Å². The number of nitrogens with zero attached hydrogens (tertiary/aromatic N) is 1. The molecule has 0 saturated heterocycles. The van der Waals surface area contributed by atoms with Crippen molar-refractivity contribution in [2.45, 2.75) is 25.0 Å². The third-order valence-corrected chi connectivity index (χ3v) is 5.55. The molecule has 0 radical (unpaired) electrons. The SMILES string of the molecule is Cc1ccc(C(=O)Nc2nc(C)c(SCC(N)=O)s2)cc1C. The van der Waals surface area contributed by atoms with E-state index in [1.54, 1.807) is 6.07 Å². The van der Waals surface area contributed by atoms with Crippen LogP contribution in [0.5, 0.6) is 0 Å². The van der Waals surface area contributed by atoms with Crippen LogP contribution < -0.4 is 11.1 Å². The summed E-state index contributed by atoms with van der Waals surface area (Å²) in [4.78, 5) is 27.4. The van der Waals surface area contributed by atoms with E-state index in [9.17, 15) is 9.59 Å². The minimum atomic E-state index is -0.376. The van der Waals surface area contributed by atoms with E-state index >= 15 is 0 Å². The molecule has 2 aromatic rings. The van der Waals surface area contributed by atoms with Gasteiger partial charge in [0.2, 0.25) is 5.91 Å². The van der Waals surface area contributed by atoms with Crippen molar-refractivity contribution in [3.8, 4) is 0 Å².